The molecule has 1 saturated heterocycles. The van der Waals surface area contributed by atoms with E-state index in [9.17, 15) is 9.90 Å². The smallest absolute Gasteiger partial charge is 0.141 e. The van der Waals surface area contributed by atoms with Crippen LogP contribution in [0.2, 0.25) is 0 Å². The molecule has 0 amide bonds. The van der Waals surface area contributed by atoms with Gasteiger partial charge in [0, 0.05) is 32.4 Å². The van der Waals surface area contributed by atoms with Gasteiger partial charge in [0.2, 0.25) is 0 Å². The van der Waals surface area contributed by atoms with E-state index >= 15 is 0 Å². The lowest BCUT2D eigenvalue weighted by Gasteiger charge is -2.20. The van der Waals surface area contributed by atoms with Gasteiger partial charge in [0.25, 0.3) is 0 Å². The first-order valence-corrected chi connectivity index (χ1v) is 4.54. The fourth-order valence-electron chi connectivity index (χ4n) is 1.89. The van der Waals surface area contributed by atoms with Crippen LogP contribution in [0.5, 0.6) is 0 Å². The molecule has 0 unspecified atom stereocenters. The molecule has 5 nitrogen and oxygen atoms in total. The maximum absolute atomic E-state index is 10.5. The van der Waals surface area contributed by atoms with Crippen LogP contribution < -0.4 is 5.32 Å². The van der Waals surface area contributed by atoms with Gasteiger partial charge in [0.1, 0.15) is 17.7 Å². The Balaban J connectivity index is 2.26. The number of carbonyl (C=O) groups excluding carboxylic acids is 1. The molecule has 0 aliphatic carbocycles. The number of carbonyl (C=O) groups is 1. The molecule has 2 N–H and O–H groups in total. The number of nitrogens with zero attached hydrogens (tertiary/aromatic N) is 2. The summed E-state index contributed by atoms with van der Waals surface area (Å²) < 4.78 is 1.77. The van der Waals surface area contributed by atoms with Crippen molar-refractivity contribution < 1.29 is 9.90 Å². The molecule has 0 spiro atoms. The highest BCUT2D eigenvalue weighted by atomic mass is 16.3. The SMILES string of the molecule is Cn1ccnc1[C@@]1(O)CN[C@H](C=O)C1. The van der Waals surface area contributed by atoms with E-state index in [1.807, 2.05) is 7.05 Å². The Bertz CT molecular complexity index is 350. The van der Waals surface area contributed by atoms with E-state index < -0.39 is 5.60 Å². The number of aromatic nitrogens is 2. The van der Waals surface area contributed by atoms with Crippen LogP contribution in [0.4, 0.5) is 0 Å². The fourth-order valence-corrected chi connectivity index (χ4v) is 1.89. The van der Waals surface area contributed by atoms with Crippen molar-refractivity contribution in [1.82, 2.24) is 14.9 Å². The van der Waals surface area contributed by atoms with Crippen molar-refractivity contribution >= 4 is 6.29 Å². The summed E-state index contributed by atoms with van der Waals surface area (Å²) in [6, 6.07) is -0.267. The quantitative estimate of drug-likeness (QED) is 0.604. The van der Waals surface area contributed by atoms with Crippen LogP contribution in [0.1, 0.15) is 12.2 Å². The number of hydrogen-bond acceptors (Lipinski definition) is 4. The minimum absolute atomic E-state index is 0.267. The van der Waals surface area contributed by atoms with E-state index in [2.05, 4.69) is 10.3 Å². The minimum atomic E-state index is -1.01. The van der Waals surface area contributed by atoms with Gasteiger partial charge in [-0.2, -0.15) is 0 Å². The molecular weight excluding hydrogens is 182 g/mol. The molecule has 2 heterocycles. The van der Waals surface area contributed by atoms with Crippen molar-refractivity contribution in [3.8, 4) is 0 Å². The second kappa shape index (κ2) is 3.18. The largest absolute Gasteiger partial charge is 0.380 e. The van der Waals surface area contributed by atoms with E-state index in [1.165, 1.54) is 0 Å². The van der Waals surface area contributed by atoms with Gasteiger partial charge in [-0.25, -0.2) is 4.98 Å². The van der Waals surface area contributed by atoms with Crippen molar-refractivity contribution in [2.45, 2.75) is 18.1 Å². The molecule has 1 aliphatic rings. The van der Waals surface area contributed by atoms with Crippen LogP contribution in [0.15, 0.2) is 12.4 Å². The van der Waals surface area contributed by atoms with Gasteiger partial charge >= 0.3 is 0 Å². The Kier molecular flexibility index (Phi) is 2.13. The highest BCUT2D eigenvalue weighted by molar-refractivity contribution is 5.58. The Morgan fingerprint density at radius 1 is 1.86 bits per heavy atom. The van der Waals surface area contributed by atoms with E-state index in [-0.39, 0.29) is 6.04 Å². The molecule has 0 saturated carbocycles. The van der Waals surface area contributed by atoms with Gasteiger partial charge in [0.15, 0.2) is 0 Å². The summed E-state index contributed by atoms with van der Waals surface area (Å²) in [5.41, 5.74) is -1.01. The van der Waals surface area contributed by atoms with Gasteiger partial charge in [-0.15, -0.1) is 0 Å². The summed E-state index contributed by atoms with van der Waals surface area (Å²) >= 11 is 0. The van der Waals surface area contributed by atoms with Crippen molar-refractivity contribution in [3.63, 3.8) is 0 Å². The predicted molar refractivity (Wildman–Crippen MR) is 49.6 cm³/mol. The van der Waals surface area contributed by atoms with Crippen molar-refractivity contribution in [2.24, 2.45) is 7.05 Å². The standard InChI is InChI=1S/C9H13N3O2/c1-12-3-2-10-8(12)9(14)4-7(5-13)11-6-9/h2-3,5,7,11,14H,4,6H2,1H3/t7-,9-/m0/s1. The molecule has 76 valence electrons. The molecule has 5 heteroatoms. The molecule has 1 aromatic heterocycles. The first-order chi connectivity index (χ1) is 6.65. The summed E-state index contributed by atoms with van der Waals surface area (Å²) in [6.45, 7) is 0.376. The number of aldehydes is 1. The third-order valence-corrected chi connectivity index (χ3v) is 2.62. The molecular formula is C9H13N3O2. The van der Waals surface area contributed by atoms with Gasteiger partial charge in [-0.3, -0.25) is 0 Å². The Morgan fingerprint density at radius 2 is 2.64 bits per heavy atom. The zero-order valence-corrected chi connectivity index (χ0v) is 7.97. The van der Waals surface area contributed by atoms with Crippen LogP contribution in [0.3, 0.4) is 0 Å². The Labute approximate surface area is 81.8 Å². The minimum Gasteiger partial charge on any atom is -0.380 e. The first kappa shape index (κ1) is 9.36. The summed E-state index contributed by atoms with van der Waals surface area (Å²) in [6.07, 6.45) is 4.63. The molecule has 2 rings (SSSR count). The van der Waals surface area contributed by atoms with Gasteiger partial charge in [-0.1, -0.05) is 0 Å². The number of β-amino-alcohol motifs (C(OH)–C–C–N with tert-alkyl or cyclic N) is 1. The average molecular weight is 195 g/mol. The van der Waals surface area contributed by atoms with Crippen LogP contribution in [0.25, 0.3) is 0 Å². The van der Waals surface area contributed by atoms with Crippen LogP contribution in [-0.2, 0) is 17.4 Å². The Morgan fingerprint density at radius 3 is 3.14 bits per heavy atom. The van der Waals surface area contributed by atoms with Gasteiger partial charge in [0.05, 0.1) is 6.04 Å². The van der Waals surface area contributed by atoms with Crippen LogP contribution in [0, 0.1) is 0 Å². The zero-order chi connectivity index (χ0) is 10.2. The molecule has 14 heavy (non-hydrogen) atoms. The molecule has 1 aromatic rings. The Hall–Kier alpha value is -1.20. The second-order valence-electron chi connectivity index (χ2n) is 3.72. The first-order valence-electron chi connectivity index (χ1n) is 4.54. The van der Waals surface area contributed by atoms with Crippen molar-refractivity contribution in [3.05, 3.63) is 18.2 Å². The highest BCUT2D eigenvalue weighted by Crippen LogP contribution is 2.28. The number of imidazole rings is 1. The van der Waals surface area contributed by atoms with Gasteiger partial charge in [-0.05, 0) is 0 Å². The number of hydrogen-bond donors (Lipinski definition) is 2. The number of aliphatic hydroxyl groups is 1. The average Bonchev–Trinajstić information content (AvgIpc) is 2.73. The maximum atomic E-state index is 10.5. The molecule has 1 fully saturated rings. The van der Waals surface area contributed by atoms with Crippen molar-refractivity contribution in [1.29, 1.82) is 0 Å². The lowest BCUT2D eigenvalue weighted by molar-refractivity contribution is -0.109. The lowest BCUT2D eigenvalue weighted by atomic mass is 10.00. The molecule has 1 aliphatic heterocycles. The fraction of sp³-hybridized carbons (Fsp3) is 0.556. The van der Waals surface area contributed by atoms with Crippen LogP contribution in [-0.4, -0.2) is 33.5 Å². The van der Waals surface area contributed by atoms with Crippen molar-refractivity contribution in [2.75, 3.05) is 6.54 Å². The summed E-state index contributed by atoms with van der Waals surface area (Å²) in [4.78, 5) is 14.6. The molecule has 2 atom stereocenters. The maximum Gasteiger partial charge on any atom is 0.141 e. The normalized spacial score (nSPS) is 32.0. The van der Waals surface area contributed by atoms with E-state index in [4.69, 9.17) is 0 Å². The van der Waals surface area contributed by atoms with E-state index in [0.717, 1.165) is 6.29 Å². The zero-order valence-electron chi connectivity index (χ0n) is 7.97. The molecule has 0 bridgehead atoms. The topological polar surface area (TPSA) is 67.2 Å². The highest BCUT2D eigenvalue weighted by Gasteiger charge is 2.41. The third-order valence-electron chi connectivity index (χ3n) is 2.62. The predicted octanol–water partition coefficient (Wildman–Crippen LogP) is -0.832. The number of aryl methyl sites for hydroxylation is 1. The summed E-state index contributed by atoms with van der Waals surface area (Å²) in [5.74, 6) is 0.606. The number of rotatable bonds is 2. The third kappa shape index (κ3) is 1.34. The molecule has 0 aromatic carbocycles. The van der Waals surface area contributed by atoms with Crippen LogP contribution >= 0.6 is 0 Å². The van der Waals surface area contributed by atoms with E-state index in [1.54, 1.807) is 17.0 Å². The lowest BCUT2D eigenvalue weighted by Crippen LogP contribution is -2.31. The number of nitrogens with one attached hydrogen (secondary N) is 1. The molecule has 0 radical (unpaired) electrons. The van der Waals surface area contributed by atoms with E-state index in [0.29, 0.717) is 18.8 Å². The monoisotopic (exact) mass is 195 g/mol. The van der Waals surface area contributed by atoms with Gasteiger partial charge < -0.3 is 19.8 Å². The summed E-state index contributed by atoms with van der Waals surface area (Å²) in [7, 11) is 1.83. The summed E-state index contributed by atoms with van der Waals surface area (Å²) in [5, 5.41) is 13.2. The second-order valence-corrected chi connectivity index (χ2v) is 3.72.